The molecule has 0 unspecified atom stereocenters. The average molecular weight is 442 g/mol. The molecule has 0 radical (unpaired) electrons. The van der Waals surface area contributed by atoms with Gasteiger partial charge >= 0.3 is 0 Å². The quantitative estimate of drug-likeness (QED) is 0.304. The minimum Gasteiger partial charge on any atom is -0.325 e. The van der Waals surface area contributed by atoms with Gasteiger partial charge in [-0.25, -0.2) is 9.97 Å². The Morgan fingerprint density at radius 3 is 2.34 bits per heavy atom. The summed E-state index contributed by atoms with van der Waals surface area (Å²) < 4.78 is 0. The molecule has 0 aliphatic rings. The number of carbonyl (C=O) groups is 2. The Balaban J connectivity index is 1.53. The number of nitrogens with zero attached hydrogens (tertiary/aromatic N) is 2. The highest BCUT2D eigenvalue weighted by molar-refractivity contribution is 8.00. The lowest BCUT2D eigenvalue weighted by Gasteiger charge is -2.11. The number of aryl methyl sites for hydroxylation is 1. The number of para-hydroxylation sites is 2. The fraction of sp³-hybridized carbons (Fsp3) is 0.154. The summed E-state index contributed by atoms with van der Waals surface area (Å²) in [6.07, 6.45) is 0.642. The van der Waals surface area contributed by atoms with Gasteiger partial charge in [0, 0.05) is 17.7 Å². The number of thioether (sulfide) groups is 1. The fourth-order valence-corrected chi connectivity index (χ4v) is 4.08. The summed E-state index contributed by atoms with van der Waals surface area (Å²) >= 11 is 1.37. The molecule has 1 heterocycles. The van der Waals surface area contributed by atoms with Gasteiger partial charge in [0.05, 0.1) is 22.5 Å². The second-order valence-electron chi connectivity index (χ2n) is 7.60. The maximum atomic E-state index is 12.6. The van der Waals surface area contributed by atoms with Crippen molar-refractivity contribution in [2.45, 2.75) is 25.3 Å². The summed E-state index contributed by atoms with van der Waals surface area (Å²) in [6.45, 7) is 3.57. The van der Waals surface area contributed by atoms with Crippen LogP contribution in [0.1, 0.15) is 34.1 Å². The van der Waals surface area contributed by atoms with Crippen molar-refractivity contribution >= 4 is 40.2 Å². The van der Waals surface area contributed by atoms with Crippen LogP contribution in [0.2, 0.25) is 0 Å². The van der Waals surface area contributed by atoms with Crippen LogP contribution in [0, 0.1) is 6.92 Å². The predicted molar refractivity (Wildman–Crippen MR) is 129 cm³/mol. The Hall–Kier alpha value is -3.51. The van der Waals surface area contributed by atoms with Gasteiger partial charge in [-0.1, -0.05) is 65.9 Å². The number of Topliss-reactive ketones (excluding diaryl/α,β-unsaturated/α-hetero) is 1. The highest BCUT2D eigenvalue weighted by atomic mass is 32.2. The molecule has 0 fully saturated rings. The van der Waals surface area contributed by atoms with Crippen molar-refractivity contribution in [2.24, 2.45) is 0 Å². The third-order valence-electron chi connectivity index (χ3n) is 4.99. The van der Waals surface area contributed by atoms with Gasteiger partial charge in [0.25, 0.3) is 0 Å². The van der Waals surface area contributed by atoms with Crippen molar-refractivity contribution in [1.82, 2.24) is 9.97 Å². The third-order valence-corrected chi connectivity index (χ3v) is 6.00. The molecule has 0 aliphatic heterocycles. The fourth-order valence-electron chi connectivity index (χ4n) is 3.30. The van der Waals surface area contributed by atoms with Crippen LogP contribution in [0.5, 0.6) is 0 Å². The lowest BCUT2D eigenvalue weighted by molar-refractivity contribution is -0.113. The molecule has 1 aromatic heterocycles. The van der Waals surface area contributed by atoms with Gasteiger partial charge in [-0.3, -0.25) is 9.59 Å². The van der Waals surface area contributed by atoms with Crippen LogP contribution >= 0.6 is 11.8 Å². The predicted octanol–water partition coefficient (Wildman–Crippen LogP) is 5.46. The van der Waals surface area contributed by atoms with E-state index in [-0.39, 0.29) is 17.4 Å². The standard InChI is InChI=1S/C26H23N3O2S/c1-17-10-12-19(13-11-17)14-24-26(29-23-9-4-3-8-22(23)28-24)32-16-25(31)27-21-7-5-6-20(15-21)18(2)30/h3-13,15H,14,16H2,1-2H3,(H,27,31). The molecule has 0 spiro atoms. The molecule has 0 saturated carbocycles. The molecule has 1 N–H and O–H groups in total. The summed E-state index contributed by atoms with van der Waals surface area (Å²) in [7, 11) is 0. The number of benzene rings is 3. The van der Waals surface area contributed by atoms with Crippen LogP contribution in [-0.2, 0) is 11.2 Å². The van der Waals surface area contributed by atoms with E-state index in [1.54, 1.807) is 24.3 Å². The van der Waals surface area contributed by atoms with Crippen molar-refractivity contribution in [1.29, 1.82) is 0 Å². The Kier molecular flexibility index (Phi) is 6.61. The van der Waals surface area contributed by atoms with E-state index in [4.69, 9.17) is 9.97 Å². The monoisotopic (exact) mass is 441 g/mol. The van der Waals surface area contributed by atoms with E-state index in [2.05, 4.69) is 36.5 Å². The number of ketones is 1. The number of fused-ring (bicyclic) bond motifs is 1. The van der Waals surface area contributed by atoms with Gasteiger partial charge in [-0.2, -0.15) is 0 Å². The molecule has 3 aromatic carbocycles. The summed E-state index contributed by atoms with van der Waals surface area (Å²) in [5.74, 6) is -0.00676. The van der Waals surface area contributed by atoms with Crippen molar-refractivity contribution in [3.63, 3.8) is 0 Å². The van der Waals surface area contributed by atoms with E-state index in [1.165, 1.54) is 24.2 Å². The van der Waals surface area contributed by atoms with Crippen LogP contribution in [0.25, 0.3) is 11.0 Å². The Morgan fingerprint density at radius 2 is 1.62 bits per heavy atom. The molecule has 1 amide bonds. The first-order valence-corrected chi connectivity index (χ1v) is 11.3. The van der Waals surface area contributed by atoms with Crippen LogP contribution < -0.4 is 5.32 Å². The second-order valence-corrected chi connectivity index (χ2v) is 8.56. The summed E-state index contributed by atoms with van der Waals surface area (Å²) in [5, 5.41) is 3.61. The van der Waals surface area contributed by atoms with Gasteiger partial charge in [0.1, 0.15) is 5.03 Å². The lowest BCUT2D eigenvalue weighted by Crippen LogP contribution is -2.15. The van der Waals surface area contributed by atoms with Crippen molar-refractivity contribution in [3.8, 4) is 0 Å². The average Bonchev–Trinajstić information content (AvgIpc) is 2.79. The van der Waals surface area contributed by atoms with E-state index in [1.807, 2.05) is 24.3 Å². The zero-order valence-corrected chi connectivity index (χ0v) is 18.8. The zero-order valence-electron chi connectivity index (χ0n) is 18.0. The normalized spacial score (nSPS) is 10.8. The van der Waals surface area contributed by atoms with Gasteiger partial charge in [0.2, 0.25) is 5.91 Å². The molecular formula is C26H23N3O2S. The van der Waals surface area contributed by atoms with Crippen molar-refractivity contribution < 1.29 is 9.59 Å². The molecule has 0 bridgehead atoms. The smallest absolute Gasteiger partial charge is 0.234 e. The Labute approximate surface area is 191 Å². The van der Waals surface area contributed by atoms with Gasteiger partial charge in [-0.15, -0.1) is 0 Å². The number of rotatable bonds is 7. The van der Waals surface area contributed by atoms with Crippen LogP contribution in [0.4, 0.5) is 5.69 Å². The van der Waals surface area contributed by atoms with E-state index in [0.717, 1.165) is 27.3 Å². The molecule has 5 nitrogen and oxygen atoms in total. The SMILES string of the molecule is CC(=O)c1cccc(NC(=O)CSc2nc3ccccc3nc2Cc2ccc(C)cc2)c1. The number of hydrogen-bond acceptors (Lipinski definition) is 5. The number of nitrogens with one attached hydrogen (secondary N) is 1. The minimum absolute atomic E-state index is 0.0392. The van der Waals surface area contributed by atoms with E-state index < -0.39 is 0 Å². The summed E-state index contributed by atoms with van der Waals surface area (Å²) in [6, 6.07) is 23.0. The number of amides is 1. The first-order valence-electron chi connectivity index (χ1n) is 10.3. The van der Waals surface area contributed by atoms with Crippen molar-refractivity contribution in [2.75, 3.05) is 11.1 Å². The molecule has 4 rings (SSSR count). The van der Waals surface area contributed by atoms with Crippen molar-refractivity contribution in [3.05, 3.63) is 95.2 Å². The molecule has 0 aliphatic carbocycles. The first kappa shape index (κ1) is 21.7. The van der Waals surface area contributed by atoms with Gasteiger partial charge in [-0.05, 0) is 43.7 Å². The lowest BCUT2D eigenvalue weighted by atomic mass is 10.1. The van der Waals surface area contributed by atoms with Crippen LogP contribution in [0.15, 0.2) is 77.8 Å². The number of hydrogen-bond donors (Lipinski definition) is 1. The Morgan fingerprint density at radius 1 is 0.906 bits per heavy atom. The van der Waals surface area contributed by atoms with Crippen LogP contribution in [0.3, 0.4) is 0 Å². The third kappa shape index (κ3) is 5.39. The molecule has 160 valence electrons. The maximum absolute atomic E-state index is 12.6. The van der Waals surface area contributed by atoms with Gasteiger partial charge < -0.3 is 5.32 Å². The highest BCUT2D eigenvalue weighted by Gasteiger charge is 2.13. The molecule has 0 atom stereocenters. The second kappa shape index (κ2) is 9.75. The zero-order chi connectivity index (χ0) is 22.5. The largest absolute Gasteiger partial charge is 0.325 e. The summed E-state index contributed by atoms with van der Waals surface area (Å²) in [4.78, 5) is 33.8. The number of anilines is 1. The Bertz CT molecular complexity index is 1290. The topological polar surface area (TPSA) is 72.0 Å². The molecular weight excluding hydrogens is 418 g/mol. The minimum atomic E-state index is -0.160. The maximum Gasteiger partial charge on any atom is 0.234 e. The molecule has 4 aromatic rings. The molecule has 6 heteroatoms. The first-order chi connectivity index (χ1) is 15.5. The van der Waals surface area contributed by atoms with E-state index in [9.17, 15) is 9.59 Å². The number of aromatic nitrogens is 2. The summed E-state index contributed by atoms with van der Waals surface area (Å²) in [5.41, 5.74) is 6.01. The van der Waals surface area contributed by atoms with E-state index in [0.29, 0.717) is 17.7 Å². The molecule has 32 heavy (non-hydrogen) atoms. The van der Waals surface area contributed by atoms with E-state index >= 15 is 0 Å². The number of carbonyl (C=O) groups excluding carboxylic acids is 2. The van der Waals surface area contributed by atoms with Gasteiger partial charge in [0.15, 0.2) is 5.78 Å². The van der Waals surface area contributed by atoms with Crippen LogP contribution in [-0.4, -0.2) is 27.4 Å². The highest BCUT2D eigenvalue weighted by Crippen LogP contribution is 2.25. The molecule has 0 saturated heterocycles.